The summed E-state index contributed by atoms with van der Waals surface area (Å²) in [6, 6.07) is 15.8. The van der Waals surface area contributed by atoms with Crippen molar-refractivity contribution in [2.75, 3.05) is 5.32 Å². The average Bonchev–Trinajstić information content (AvgIpc) is 2.66. The van der Waals surface area contributed by atoms with E-state index in [1.54, 1.807) is 11.6 Å². The van der Waals surface area contributed by atoms with Gasteiger partial charge in [0.15, 0.2) is 0 Å². The van der Waals surface area contributed by atoms with Crippen LogP contribution in [-0.2, 0) is 7.05 Å². The van der Waals surface area contributed by atoms with Crippen LogP contribution in [0.4, 0.5) is 11.4 Å². The smallest absolute Gasteiger partial charge is 0.326 e. The van der Waals surface area contributed by atoms with E-state index < -0.39 is 0 Å². The average molecular weight is 239 g/mol. The Hall–Kier alpha value is -2.49. The number of nitrogens with one attached hydrogen (secondary N) is 2. The van der Waals surface area contributed by atoms with Crippen molar-refractivity contribution in [3.63, 3.8) is 0 Å². The van der Waals surface area contributed by atoms with Gasteiger partial charge in [0.25, 0.3) is 0 Å². The van der Waals surface area contributed by atoms with Gasteiger partial charge in [0.1, 0.15) is 0 Å². The van der Waals surface area contributed by atoms with Gasteiger partial charge in [0, 0.05) is 18.4 Å². The monoisotopic (exact) mass is 239 g/mol. The van der Waals surface area contributed by atoms with Gasteiger partial charge in [-0.1, -0.05) is 18.2 Å². The van der Waals surface area contributed by atoms with E-state index in [-0.39, 0.29) is 5.69 Å². The number of fused-ring (bicyclic) bond motifs is 1. The van der Waals surface area contributed by atoms with Crippen LogP contribution in [0.15, 0.2) is 53.3 Å². The fourth-order valence-electron chi connectivity index (χ4n) is 2.00. The SMILES string of the molecule is Cn1c(=O)[nH]c2cc(Nc3ccccc3)ccc21. The molecule has 4 heteroatoms. The molecule has 2 aromatic carbocycles. The standard InChI is InChI=1S/C14H13N3O/c1-17-13-8-7-11(9-12(13)16-14(17)18)15-10-5-3-2-4-6-10/h2-9,15H,1H3,(H,16,18). The number of imidazole rings is 1. The molecule has 1 heterocycles. The highest BCUT2D eigenvalue weighted by atomic mass is 16.1. The molecule has 0 radical (unpaired) electrons. The Morgan fingerprint density at radius 2 is 1.83 bits per heavy atom. The number of anilines is 2. The van der Waals surface area contributed by atoms with Gasteiger partial charge in [0.2, 0.25) is 0 Å². The summed E-state index contributed by atoms with van der Waals surface area (Å²) in [5.41, 5.74) is 3.62. The number of benzene rings is 2. The first-order chi connectivity index (χ1) is 8.74. The van der Waals surface area contributed by atoms with Crippen LogP contribution in [0.2, 0.25) is 0 Å². The van der Waals surface area contributed by atoms with Gasteiger partial charge >= 0.3 is 5.69 Å². The first kappa shape index (κ1) is 10.7. The number of hydrogen-bond acceptors (Lipinski definition) is 2. The molecular weight excluding hydrogens is 226 g/mol. The summed E-state index contributed by atoms with van der Waals surface area (Å²) in [5, 5.41) is 3.29. The molecule has 0 saturated heterocycles. The van der Waals surface area contributed by atoms with Gasteiger partial charge in [0.05, 0.1) is 11.0 Å². The molecule has 0 saturated carbocycles. The quantitative estimate of drug-likeness (QED) is 0.722. The molecule has 0 aliphatic heterocycles. The summed E-state index contributed by atoms with van der Waals surface area (Å²) in [4.78, 5) is 14.3. The van der Waals surface area contributed by atoms with Crippen LogP contribution in [0.3, 0.4) is 0 Å². The molecule has 18 heavy (non-hydrogen) atoms. The molecule has 90 valence electrons. The van der Waals surface area contributed by atoms with Crippen molar-refractivity contribution in [3.8, 4) is 0 Å². The van der Waals surface area contributed by atoms with Crippen molar-refractivity contribution in [1.29, 1.82) is 0 Å². The number of rotatable bonds is 2. The Morgan fingerprint density at radius 1 is 1.06 bits per heavy atom. The Balaban J connectivity index is 2.01. The summed E-state index contributed by atoms with van der Waals surface area (Å²) in [5.74, 6) is 0. The number of H-pyrrole nitrogens is 1. The lowest BCUT2D eigenvalue weighted by atomic mass is 10.2. The van der Waals surface area contributed by atoms with Gasteiger partial charge in [-0.15, -0.1) is 0 Å². The minimum absolute atomic E-state index is 0.0955. The maximum absolute atomic E-state index is 11.5. The fraction of sp³-hybridized carbons (Fsp3) is 0.0714. The zero-order valence-electron chi connectivity index (χ0n) is 9.97. The first-order valence-electron chi connectivity index (χ1n) is 5.75. The van der Waals surface area contributed by atoms with Crippen LogP contribution in [0.5, 0.6) is 0 Å². The summed E-state index contributed by atoms with van der Waals surface area (Å²) in [6.07, 6.45) is 0. The topological polar surface area (TPSA) is 49.8 Å². The van der Waals surface area contributed by atoms with Gasteiger partial charge in [-0.2, -0.15) is 0 Å². The largest absolute Gasteiger partial charge is 0.355 e. The van der Waals surface area contributed by atoms with E-state index in [0.717, 1.165) is 22.4 Å². The third-order valence-electron chi connectivity index (χ3n) is 2.97. The maximum Gasteiger partial charge on any atom is 0.326 e. The summed E-state index contributed by atoms with van der Waals surface area (Å²) in [6.45, 7) is 0. The molecule has 3 rings (SSSR count). The van der Waals surface area contributed by atoms with E-state index in [9.17, 15) is 4.79 Å². The molecular formula is C14H13N3O. The Labute approximate surface area is 104 Å². The fourth-order valence-corrected chi connectivity index (χ4v) is 2.00. The van der Waals surface area contributed by atoms with Gasteiger partial charge in [-0.3, -0.25) is 4.57 Å². The number of aromatic nitrogens is 2. The highest BCUT2D eigenvalue weighted by Gasteiger charge is 2.03. The minimum atomic E-state index is -0.0955. The lowest BCUT2D eigenvalue weighted by molar-refractivity contribution is 0.891. The zero-order chi connectivity index (χ0) is 12.5. The van der Waals surface area contributed by atoms with Crippen molar-refractivity contribution in [2.24, 2.45) is 7.05 Å². The Bertz CT molecular complexity index is 741. The van der Waals surface area contributed by atoms with Crippen molar-refractivity contribution in [1.82, 2.24) is 9.55 Å². The normalized spacial score (nSPS) is 10.7. The maximum atomic E-state index is 11.5. The molecule has 2 N–H and O–H groups in total. The Kier molecular flexibility index (Phi) is 2.41. The molecule has 0 spiro atoms. The molecule has 0 unspecified atom stereocenters. The van der Waals surface area contributed by atoms with Crippen LogP contribution in [0, 0.1) is 0 Å². The van der Waals surface area contributed by atoms with E-state index in [1.165, 1.54) is 0 Å². The van der Waals surface area contributed by atoms with E-state index in [0.29, 0.717) is 0 Å². The van der Waals surface area contributed by atoms with Crippen molar-refractivity contribution >= 4 is 22.4 Å². The van der Waals surface area contributed by atoms with Crippen molar-refractivity contribution in [2.45, 2.75) is 0 Å². The second-order valence-electron chi connectivity index (χ2n) is 4.21. The van der Waals surface area contributed by atoms with Crippen LogP contribution in [0.1, 0.15) is 0 Å². The minimum Gasteiger partial charge on any atom is -0.355 e. The summed E-state index contributed by atoms with van der Waals surface area (Å²) in [7, 11) is 1.76. The molecule has 0 aliphatic rings. The Morgan fingerprint density at radius 3 is 2.61 bits per heavy atom. The predicted molar refractivity (Wildman–Crippen MR) is 73.3 cm³/mol. The molecule has 0 bridgehead atoms. The molecule has 3 aromatic rings. The van der Waals surface area contributed by atoms with Crippen LogP contribution < -0.4 is 11.0 Å². The van der Waals surface area contributed by atoms with Crippen LogP contribution in [0.25, 0.3) is 11.0 Å². The van der Waals surface area contributed by atoms with Gasteiger partial charge in [-0.25, -0.2) is 4.79 Å². The second-order valence-corrected chi connectivity index (χ2v) is 4.21. The van der Waals surface area contributed by atoms with E-state index in [2.05, 4.69) is 10.3 Å². The summed E-state index contributed by atoms with van der Waals surface area (Å²) < 4.78 is 1.60. The number of aromatic amines is 1. The van der Waals surface area contributed by atoms with E-state index in [1.807, 2.05) is 48.5 Å². The second kappa shape index (κ2) is 4.07. The first-order valence-corrected chi connectivity index (χ1v) is 5.75. The van der Waals surface area contributed by atoms with Crippen LogP contribution >= 0.6 is 0 Å². The third-order valence-corrected chi connectivity index (χ3v) is 2.97. The van der Waals surface area contributed by atoms with E-state index >= 15 is 0 Å². The zero-order valence-corrected chi connectivity index (χ0v) is 9.97. The third kappa shape index (κ3) is 1.78. The highest BCUT2D eigenvalue weighted by Crippen LogP contribution is 2.20. The molecule has 0 amide bonds. The highest BCUT2D eigenvalue weighted by molar-refractivity contribution is 5.80. The summed E-state index contributed by atoms with van der Waals surface area (Å²) >= 11 is 0. The van der Waals surface area contributed by atoms with Crippen molar-refractivity contribution in [3.05, 3.63) is 59.0 Å². The number of aryl methyl sites for hydroxylation is 1. The molecule has 1 aromatic heterocycles. The number of hydrogen-bond donors (Lipinski definition) is 2. The number of para-hydroxylation sites is 1. The lowest BCUT2D eigenvalue weighted by Gasteiger charge is -2.06. The molecule has 0 aliphatic carbocycles. The van der Waals surface area contributed by atoms with Gasteiger partial charge in [-0.05, 0) is 30.3 Å². The lowest BCUT2D eigenvalue weighted by Crippen LogP contribution is -2.11. The molecule has 0 fully saturated rings. The van der Waals surface area contributed by atoms with E-state index in [4.69, 9.17) is 0 Å². The van der Waals surface area contributed by atoms with Crippen LogP contribution in [-0.4, -0.2) is 9.55 Å². The molecule has 0 atom stereocenters. The molecule has 4 nitrogen and oxygen atoms in total. The predicted octanol–water partition coefficient (Wildman–Crippen LogP) is 2.61. The number of nitrogens with zero attached hydrogens (tertiary/aromatic N) is 1. The van der Waals surface area contributed by atoms with Gasteiger partial charge < -0.3 is 10.3 Å². The van der Waals surface area contributed by atoms with Crippen molar-refractivity contribution < 1.29 is 0 Å².